The number of hydrogen-bond donors (Lipinski definition) is 3. The van der Waals surface area contributed by atoms with Gasteiger partial charge >= 0.3 is 6.09 Å². The molecule has 40 heavy (non-hydrogen) atoms. The fourth-order valence-electron chi connectivity index (χ4n) is 5.02. The van der Waals surface area contributed by atoms with E-state index in [9.17, 15) is 15.0 Å². The van der Waals surface area contributed by atoms with E-state index in [1.165, 1.54) is 16.8 Å². The van der Waals surface area contributed by atoms with Gasteiger partial charge in [0, 0.05) is 31.5 Å². The molecule has 0 spiro atoms. The predicted octanol–water partition coefficient (Wildman–Crippen LogP) is 3.63. The first-order valence-electron chi connectivity index (χ1n) is 12.7. The zero-order valence-electron chi connectivity index (χ0n) is 21.6. The van der Waals surface area contributed by atoms with Crippen LogP contribution in [0.15, 0.2) is 59.7 Å². The van der Waals surface area contributed by atoms with Crippen molar-refractivity contribution in [3.63, 3.8) is 0 Å². The molecule has 5 heterocycles. The van der Waals surface area contributed by atoms with Gasteiger partial charge in [-0.05, 0) is 76.3 Å². The summed E-state index contributed by atoms with van der Waals surface area (Å²) in [5.74, 6) is 1.20. The molecule has 13 heteroatoms. The molecule has 0 bridgehead atoms. The molecule has 6 rings (SSSR count). The van der Waals surface area contributed by atoms with Crippen LogP contribution in [0.1, 0.15) is 16.7 Å². The maximum atomic E-state index is 11.5. The molecule has 0 saturated carbocycles. The van der Waals surface area contributed by atoms with Crippen LogP contribution in [0.4, 0.5) is 22.1 Å². The average Bonchev–Trinajstić information content (AvgIpc) is 3.42. The normalized spacial score (nSPS) is 15.6. The number of pyridine rings is 2. The Hall–Kier alpha value is -4.36. The Kier molecular flexibility index (Phi) is 6.90. The molecular formula is C27H26BrN9O3. The molecule has 1 aliphatic rings. The minimum absolute atomic E-state index is 0.265. The molecule has 1 atom stereocenters. The van der Waals surface area contributed by atoms with Gasteiger partial charge in [-0.1, -0.05) is 6.07 Å². The summed E-state index contributed by atoms with van der Waals surface area (Å²) in [7, 11) is 0. The number of aliphatic hydroxyl groups excluding tert-OH is 1. The molecule has 3 N–H and O–H groups in total. The highest BCUT2D eigenvalue weighted by Crippen LogP contribution is 2.32. The van der Waals surface area contributed by atoms with E-state index in [0.717, 1.165) is 33.4 Å². The highest BCUT2D eigenvalue weighted by molar-refractivity contribution is 9.10. The van der Waals surface area contributed by atoms with Crippen molar-refractivity contribution in [3.05, 3.63) is 76.4 Å². The summed E-state index contributed by atoms with van der Waals surface area (Å²) in [5, 5.41) is 26.8. The van der Waals surface area contributed by atoms with E-state index in [2.05, 4.69) is 60.4 Å². The summed E-state index contributed by atoms with van der Waals surface area (Å²) < 4.78 is 2.48. The largest absolute Gasteiger partial charge is 0.465 e. The van der Waals surface area contributed by atoms with Crippen LogP contribution in [0, 0.1) is 6.92 Å². The van der Waals surface area contributed by atoms with Crippen molar-refractivity contribution in [1.82, 2.24) is 34.4 Å². The van der Waals surface area contributed by atoms with E-state index >= 15 is 0 Å². The SMILES string of the molecule is Cc1cc(Nc2ncnc3cc(Br)c(N4CCN(C(=O)O)[C@@H](CO)C4)nc23)ccc1Cc1ccn2ncnc2c1. The molecule has 1 aliphatic heterocycles. The van der Waals surface area contributed by atoms with Crippen LogP contribution in [0.3, 0.4) is 0 Å². The summed E-state index contributed by atoms with van der Waals surface area (Å²) in [6, 6.07) is 11.6. The number of piperazine rings is 1. The number of aryl methyl sites for hydroxylation is 1. The first-order chi connectivity index (χ1) is 19.4. The number of nitrogens with zero attached hydrogens (tertiary/aromatic N) is 8. The molecule has 4 aromatic heterocycles. The van der Waals surface area contributed by atoms with Crippen LogP contribution in [-0.2, 0) is 6.42 Å². The number of rotatable bonds is 6. The number of aliphatic hydroxyl groups is 1. The number of hydrogen-bond acceptors (Lipinski definition) is 9. The summed E-state index contributed by atoms with van der Waals surface area (Å²) in [4.78, 5) is 32.8. The lowest BCUT2D eigenvalue weighted by atomic mass is 10.0. The van der Waals surface area contributed by atoms with Crippen molar-refractivity contribution in [2.75, 3.05) is 36.5 Å². The zero-order chi connectivity index (χ0) is 27.8. The summed E-state index contributed by atoms with van der Waals surface area (Å²) in [6.07, 6.45) is 4.69. The van der Waals surface area contributed by atoms with Crippen LogP contribution < -0.4 is 10.2 Å². The number of fused-ring (bicyclic) bond motifs is 2. The predicted molar refractivity (Wildman–Crippen MR) is 153 cm³/mol. The minimum Gasteiger partial charge on any atom is -0.465 e. The van der Waals surface area contributed by atoms with Gasteiger partial charge in [-0.15, -0.1) is 0 Å². The molecule has 204 valence electrons. The molecule has 1 fully saturated rings. The minimum atomic E-state index is -1.04. The molecule has 1 aromatic carbocycles. The van der Waals surface area contributed by atoms with E-state index < -0.39 is 12.1 Å². The Morgan fingerprint density at radius 2 is 2.00 bits per heavy atom. The Bertz CT molecular complexity index is 1730. The second-order valence-corrected chi connectivity index (χ2v) is 10.5. The number of carboxylic acid groups (broad SMARTS) is 1. The zero-order valence-corrected chi connectivity index (χ0v) is 23.2. The first-order valence-corrected chi connectivity index (χ1v) is 13.5. The Morgan fingerprint density at radius 1 is 1.12 bits per heavy atom. The van der Waals surface area contributed by atoms with Gasteiger partial charge in [0.1, 0.15) is 24.0 Å². The van der Waals surface area contributed by atoms with E-state index in [4.69, 9.17) is 4.98 Å². The van der Waals surface area contributed by atoms with Crippen LogP contribution >= 0.6 is 15.9 Å². The highest BCUT2D eigenvalue weighted by Gasteiger charge is 2.31. The van der Waals surface area contributed by atoms with E-state index in [1.807, 2.05) is 35.4 Å². The molecule has 0 radical (unpaired) electrons. The Labute approximate surface area is 237 Å². The third-order valence-electron chi connectivity index (χ3n) is 7.13. The van der Waals surface area contributed by atoms with Crippen molar-refractivity contribution in [2.24, 2.45) is 0 Å². The van der Waals surface area contributed by atoms with E-state index in [-0.39, 0.29) is 13.2 Å². The lowest BCUT2D eigenvalue weighted by Crippen LogP contribution is -2.56. The first kappa shape index (κ1) is 25.9. The van der Waals surface area contributed by atoms with Gasteiger partial charge in [0.2, 0.25) is 0 Å². The molecule has 1 amide bonds. The molecular weight excluding hydrogens is 578 g/mol. The second-order valence-electron chi connectivity index (χ2n) is 9.68. The van der Waals surface area contributed by atoms with Gasteiger partial charge in [0.15, 0.2) is 11.5 Å². The van der Waals surface area contributed by atoms with Gasteiger partial charge in [-0.2, -0.15) is 5.10 Å². The lowest BCUT2D eigenvalue weighted by Gasteiger charge is -2.40. The number of benzene rings is 1. The van der Waals surface area contributed by atoms with Gasteiger partial charge in [-0.25, -0.2) is 29.2 Å². The van der Waals surface area contributed by atoms with E-state index in [1.54, 1.807) is 10.8 Å². The van der Waals surface area contributed by atoms with Gasteiger partial charge < -0.3 is 20.4 Å². The molecule has 1 saturated heterocycles. The quantitative estimate of drug-likeness (QED) is 0.263. The third-order valence-corrected chi connectivity index (χ3v) is 7.71. The number of amides is 1. The number of carbonyl (C=O) groups is 1. The maximum absolute atomic E-state index is 11.5. The Balaban J connectivity index is 1.25. The van der Waals surface area contributed by atoms with Crippen LogP contribution in [0.25, 0.3) is 16.7 Å². The van der Waals surface area contributed by atoms with E-state index in [0.29, 0.717) is 35.8 Å². The summed E-state index contributed by atoms with van der Waals surface area (Å²) in [5.41, 5.74) is 6.42. The van der Waals surface area contributed by atoms with Crippen molar-refractivity contribution >= 4 is 56.0 Å². The molecule has 5 aromatic rings. The van der Waals surface area contributed by atoms with Crippen LogP contribution in [0.2, 0.25) is 0 Å². The topological polar surface area (TPSA) is 145 Å². The number of nitrogens with one attached hydrogen (secondary N) is 1. The second kappa shape index (κ2) is 10.7. The number of aromatic nitrogens is 6. The Morgan fingerprint density at radius 3 is 2.80 bits per heavy atom. The lowest BCUT2D eigenvalue weighted by molar-refractivity contribution is 0.0909. The third kappa shape index (κ3) is 5.00. The molecule has 12 nitrogen and oxygen atoms in total. The highest BCUT2D eigenvalue weighted by atomic mass is 79.9. The summed E-state index contributed by atoms with van der Waals surface area (Å²) in [6.45, 7) is 2.84. The fourth-order valence-corrected chi connectivity index (χ4v) is 5.57. The smallest absolute Gasteiger partial charge is 0.407 e. The number of halogens is 1. The van der Waals surface area contributed by atoms with Gasteiger partial charge in [0.05, 0.1) is 22.6 Å². The van der Waals surface area contributed by atoms with Gasteiger partial charge in [-0.3, -0.25) is 4.90 Å². The number of anilines is 3. The monoisotopic (exact) mass is 603 g/mol. The van der Waals surface area contributed by atoms with Crippen molar-refractivity contribution < 1.29 is 15.0 Å². The van der Waals surface area contributed by atoms with Crippen molar-refractivity contribution in [2.45, 2.75) is 19.4 Å². The van der Waals surface area contributed by atoms with Crippen LogP contribution in [-0.4, -0.2) is 83.0 Å². The fraction of sp³-hybridized carbons (Fsp3) is 0.259. The van der Waals surface area contributed by atoms with Crippen molar-refractivity contribution in [1.29, 1.82) is 0 Å². The average molecular weight is 604 g/mol. The summed E-state index contributed by atoms with van der Waals surface area (Å²) >= 11 is 3.60. The van der Waals surface area contributed by atoms with Crippen LogP contribution in [0.5, 0.6) is 0 Å². The van der Waals surface area contributed by atoms with Gasteiger partial charge in [0.25, 0.3) is 0 Å². The maximum Gasteiger partial charge on any atom is 0.407 e. The molecule has 0 unspecified atom stereocenters. The molecule has 0 aliphatic carbocycles. The van der Waals surface area contributed by atoms with Crippen molar-refractivity contribution in [3.8, 4) is 0 Å². The standard InChI is InChI=1S/C27H26BrN9O3/c1-16-8-19(3-2-18(16)9-17-4-5-37-23(10-17)30-15-32-37)33-25-24-22(29-14-31-25)11-21(28)26(34-24)35-6-7-36(27(39)40)20(12-35)13-38/h2-5,8,10-11,14-15,20,38H,6-7,9,12-13H2,1H3,(H,39,40)(H,29,31,33)/t20-/m1/s1.